The molecule has 0 amide bonds. The Morgan fingerprint density at radius 3 is 2.70 bits per heavy atom. The van der Waals surface area contributed by atoms with Gasteiger partial charge in [-0.2, -0.15) is 0 Å². The van der Waals surface area contributed by atoms with E-state index in [0.29, 0.717) is 17.2 Å². The molecule has 0 aliphatic heterocycles. The van der Waals surface area contributed by atoms with E-state index in [0.717, 1.165) is 20.8 Å². The Kier molecular flexibility index (Phi) is 3.75. The van der Waals surface area contributed by atoms with Crippen LogP contribution in [0.4, 0.5) is 0 Å². The van der Waals surface area contributed by atoms with E-state index in [1.165, 1.54) is 6.33 Å². The number of halogens is 2. The number of ether oxygens (including phenoxy) is 1. The highest BCUT2D eigenvalue weighted by Gasteiger charge is 2.13. The first-order chi connectivity index (χ1) is 9.69. The van der Waals surface area contributed by atoms with Crippen molar-refractivity contribution in [2.75, 3.05) is 7.11 Å². The number of nitrogens with zero attached hydrogens (tertiary/aromatic N) is 4. The van der Waals surface area contributed by atoms with E-state index in [4.69, 9.17) is 16.3 Å². The molecule has 2 heterocycles. The van der Waals surface area contributed by atoms with Crippen LogP contribution in [0.5, 0.6) is 5.75 Å². The van der Waals surface area contributed by atoms with E-state index in [1.807, 2.05) is 28.8 Å². The van der Waals surface area contributed by atoms with Crippen LogP contribution in [0.25, 0.3) is 11.2 Å². The van der Waals surface area contributed by atoms with Crippen LogP contribution in [0.15, 0.2) is 30.6 Å². The van der Waals surface area contributed by atoms with Crippen molar-refractivity contribution in [3.05, 3.63) is 45.1 Å². The standard InChI is InChI=1S/C13H10ClIN4O/c1-20-9-4-2-8(3-5-9)6-19-12-10(18-13(19)15)11(14)16-7-17-12/h2-5,7H,6H2,1H3. The molecule has 0 radical (unpaired) electrons. The first kappa shape index (κ1) is 13.6. The molecule has 1 aromatic carbocycles. The Morgan fingerprint density at radius 1 is 1.25 bits per heavy atom. The Labute approximate surface area is 134 Å². The largest absolute Gasteiger partial charge is 0.497 e. The van der Waals surface area contributed by atoms with Gasteiger partial charge >= 0.3 is 0 Å². The molecule has 102 valence electrons. The summed E-state index contributed by atoms with van der Waals surface area (Å²) in [5.74, 6) is 0.837. The highest BCUT2D eigenvalue weighted by molar-refractivity contribution is 14.1. The van der Waals surface area contributed by atoms with Crippen LogP contribution in [-0.2, 0) is 6.54 Å². The van der Waals surface area contributed by atoms with Crippen molar-refractivity contribution in [2.24, 2.45) is 0 Å². The van der Waals surface area contributed by atoms with E-state index in [1.54, 1.807) is 7.11 Å². The van der Waals surface area contributed by atoms with E-state index in [-0.39, 0.29) is 0 Å². The lowest BCUT2D eigenvalue weighted by Crippen LogP contribution is -2.03. The molecule has 3 rings (SSSR count). The zero-order valence-corrected chi connectivity index (χ0v) is 13.5. The topological polar surface area (TPSA) is 52.8 Å². The molecule has 5 nitrogen and oxygen atoms in total. The van der Waals surface area contributed by atoms with Crippen molar-refractivity contribution in [2.45, 2.75) is 6.54 Å². The maximum absolute atomic E-state index is 6.04. The summed E-state index contributed by atoms with van der Waals surface area (Å²) in [6, 6.07) is 7.90. The molecular formula is C13H10ClIN4O. The van der Waals surface area contributed by atoms with Crippen molar-refractivity contribution >= 4 is 45.4 Å². The van der Waals surface area contributed by atoms with Crippen molar-refractivity contribution in [1.82, 2.24) is 19.5 Å². The zero-order chi connectivity index (χ0) is 14.1. The second-order valence-electron chi connectivity index (χ2n) is 4.15. The summed E-state index contributed by atoms with van der Waals surface area (Å²) < 4.78 is 7.99. The van der Waals surface area contributed by atoms with Gasteiger partial charge in [0.1, 0.15) is 17.6 Å². The van der Waals surface area contributed by atoms with E-state index in [2.05, 4.69) is 37.5 Å². The number of hydrogen-bond acceptors (Lipinski definition) is 4. The van der Waals surface area contributed by atoms with Crippen LogP contribution in [0.2, 0.25) is 5.15 Å². The number of fused-ring (bicyclic) bond motifs is 1. The van der Waals surface area contributed by atoms with Gasteiger partial charge in [-0.1, -0.05) is 23.7 Å². The molecule has 0 saturated heterocycles. The first-order valence-electron chi connectivity index (χ1n) is 5.84. The summed E-state index contributed by atoms with van der Waals surface area (Å²) in [6.45, 7) is 0.673. The summed E-state index contributed by atoms with van der Waals surface area (Å²) in [5.41, 5.74) is 2.51. The molecule has 0 unspecified atom stereocenters. The average molecular weight is 401 g/mol. The van der Waals surface area contributed by atoms with Gasteiger partial charge in [-0.25, -0.2) is 15.0 Å². The third-order valence-electron chi connectivity index (χ3n) is 2.94. The molecule has 3 aromatic rings. The zero-order valence-electron chi connectivity index (χ0n) is 10.5. The minimum Gasteiger partial charge on any atom is -0.497 e. The van der Waals surface area contributed by atoms with Crippen LogP contribution in [0.1, 0.15) is 5.56 Å². The maximum atomic E-state index is 6.04. The number of hydrogen-bond donors (Lipinski definition) is 0. The molecule has 0 aliphatic rings. The Morgan fingerprint density at radius 2 is 2.00 bits per heavy atom. The highest BCUT2D eigenvalue weighted by atomic mass is 127. The van der Waals surface area contributed by atoms with E-state index >= 15 is 0 Å². The molecular weight excluding hydrogens is 391 g/mol. The predicted molar refractivity (Wildman–Crippen MR) is 85.1 cm³/mol. The smallest absolute Gasteiger partial charge is 0.174 e. The first-order valence-corrected chi connectivity index (χ1v) is 7.30. The molecule has 0 saturated carbocycles. The molecule has 20 heavy (non-hydrogen) atoms. The van der Waals surface area contributed by atoms with Gasteiger partial charge in [0.25, 0.3) is 0 Å². The lowest BCUT2D eigenvalue weighted by molar-refractivity contribution is 0.414. The van der Waals surface area contributed by atoms with Gasteiger partial charge in [-0.05, 0) is 17.7 Å². The molecule has 0 bridgehead atoms. The van der Waals surface area contributed by atoms with Crippen molar-refractivity contribution in [1.29, 1.82) is 0 Å². The third-order valence-corrected chi connectivity index (χ3v) is 4.04. The Hall–Kier alpha value is -1.41. The summed E-state index contributed by atoms with van der Waals surface area (Å²) in [5, 5.41) is 0.376. The summed E-state index contributed by atoms with van der Waals surface area (Å²) in [6.07, 6.45) is 1.45. The SMILES string of the molecule is COc1ccc(Cn2c(I)nc3c(Cl)ncnc32)cc1. The average Bonchev–Trinajstić information content (AvgIpc) is 2.78. The summed E-state index contributed by atoms with van der Waals surface area (Å²) in [7, 11) is 1.65. The highest BCUT2D eigenvalue weighted by Crippen LogP contribution is 2.22. The quantitative estimate of drug-likeness (QED) is 0.385. The number of imidazole rings is 1. The van der Waals surface area contributed by atoms with Crippen molar-refractivity contribution in [3.63, 3.8) is 0 Å². The van der Waals surface area contributed by atoms with Gasteiger partial charge in [0, 0.05) is 22.6 Å². The van der Waals surface area contributed by atoms with Crippen LogP contribution in [-0.4, -0.2) is 26.6 Å². The molecule has 7 heteroatoms. The fourth-order valence-corrected chi connectivity index (χ4v) is 2.75. The molecule has 0 aliphatic carbocycles. The van der Waals surface area contributed by atoms with Crippen molar-refractivity contribution < 1.29 is 4.74 Å². The van der Waals surface area contributed by atoms with Crippen LogP contribution in [0.3, 0.4) is 0 Å². The van der Waals surface area contributed by atoms with Gasteiger partial charge in [0.05, 0.1) is 13.7 Å². The van der Waals surface area contributed by atoms with Gasteiger partial charge in [0.2, 0.25) is 0 Å². The fraction of sp³-hybridized carbons (Fsp3) is 0.154. The molecule has 2 aromatic heterocycles. The van der Waals surface area contributed by atoms with Gasteiger partial charge in [-0.15, -0.1) is 0 Å². The van der Waals surface area contributed by atoms with Crippen LogP contribution < -0.4 is 4.74 Å². The molecule has 0 fully saturated rings. The lowest BCUT2D eigenvalue weighted by atomic mass is 10.2. The van der Waals surface area contributed by atoms with Gasteiger partial charge in [0.15, 0.2) is 14.6 Å². The second kappa shape index (κ2) is 5.53. The monoisotopic (exact) mass is 400 g/mol. The normalized spacial score (nSPS) is 10.9. The van der Waals surface area contributed by atoms with Gasteiger partial charge < -0.3 is 4.74 Å². The second-order valence-corrected chi connectivity index (χ2v) is 5.47. The number of rotatable bonds is 3. The van der Waals surface area contributed by atoms with Crippen LogP contribution >= 0.6 is 34.2 Å². The van der Waals surface area contributed by atoms with Crippen molar-refractivity contribution in [3.8, 4) is 5.75 Å². The number of benzene rings is 1. The fourth-order valence-electron chi connectivity index (χ4n) is 1.94. The molecule has 0 N–H and O–H groups in total. The van der Waals surface area contributed by atoms with Crippen LogP contribution in [0, 0.1) is 3.83 Å². The summed E-state index contributed by atoms with van der Waals surface area (Å²) in [4.78, 5) is 12.6. The number of methoxy groups -OCH3 is 1. The molecule has 0 spiro atoms. The third kappa shape index (κ3) is 2.45. The Balaban J connectivity index is 2.01. The lowest BCUT2D eigenvalue weighted by Gasteiger charge is -2.06. The number of aromatic nitrogens is 4. The Bertz CT molecular complexity index is 757. The van der Waals surface area contributed by atoms with Gasteiger partial charge in [-0.3, -0.25) is 4.57 Å². The minimum atomic E-state index is 0.376. The molecule has 0 atom stereocenters. The van der Waals surface area contributed by atoms with E-state index < -0.39 is 0 Å². The maximum Gasteiger partial charge on any atom is 0.174 e. The predicted octanol–water partition coefficient (Wildman–Crippen LogP) is 3.14. The van der Waals surface area contributed by atoms with E-state index in [9.17, 15) is 0 Å². The minimum absolute atomic E-state index is 0.376. The summed E-state index contributed by atoms with van der Waals surface area (Å²) >= 11 is 8.21.